The molecule has 100 valence electrons. The molecule has 4 heteroatoms. The van der Waals surface area contributed by atoms with E-state index in [-0.39, 0.29) is 0 Å². The van der Waals surface area contributed by atoms with Crippen LogP contribution in [0, 0.1) is 0 Å². The predicted octanol–water partition coefficient (Wildman–Crippen LogP) is 3.19. The van der Waals surface area contributed by atoms with Crippen molar-refractivity contribution in [3.8, 4) is 5.75 Å². The van der Waals surface area contributed by atoms with Crippen molar-refractivity contribution in [2.24, 2.45) is 0 Å². The summed E-state index contributed by atoms with van der Waals surface area (Å²) in [6.07, 6.45) is 4.50. The Morgan fingerprint density at radius 2 is 1.89 bits per heavy atom. The van der Waals surface area contributed by atoms with Gasteiger partial charge in [0.05, 0.1) is 6.20 Å². The lowest BCUT2D eigenvalue weighted by Gasteiger charge is -2.07. The van der Waals surface area contributed by atoms with Gasteiger partial charge in [-0.1, -0.05) is 24.3 Å². The van der Waals surface area contributed by atoms with Crippen LogP contribution in [-0.4, -0.2) is 18.6 Å². The van der Waals surface area contributed by atoms with E-state index in [4.69, 9.17) is 4.74 Å². The van der Waals surface area contributed by atoms with Crippen LogP contribution in [-0.2, 0) is 13.0 Å². The number of likely N-dealkylation sites (N-methyl/N-ethyl adjacent to an activating group) is 1. The Morgan fingerprint density at radius 3 is 2.58 bits per heavy atom. The Morgan fingerprint density at radius 1 is 1.16 bits per heavy atom. The fourth-order valence-corrected chi connectivity index (χ4v) is 2.05. The summed E-state index contributed by atoms with van der Waals surface area (Å²) in [5.74, 6) is 0.772. The van der Waals surface area contributed by atoms with Gasteiger partial charge in [0.1, 0.15) is 12.4 Å². The third-order valence-corrected chi connectivity index (χ3v) is 3.21. The Hall–Kier alpha value is -1.39. The number of pyridine rings is 1. The average molecular weight is 321 g/mol. The van der Waals surface area contributed by atoms with Crippen molar-refractivity contribution in [1.29, 1.82) is 0 Å². The summed E-state index contributed by atoms with van der Waals surface area (Å²) in [5.41, 5.74) is 2.50. The van der Waals surface area contributed by atoms with Crippen LogP contribution in [0.25, 0.3) is 0 Å². The van der Waals surface area contributed by atoms with Gasteiger partial charge in [0, 0.05) is 10.7 Å². The van der Waals surface area contributed by atoms with Gasteiger partial charge in [-0.3, -0.25) is 4.98 Å². The number of hydrogen-bond donors (Lipinski definition) is 1. The van der Waals surface area contributed by atoms with Crippen LogP contribution < -0.4 is 10.1 Å². The highest BCUT2D eigenvalue weighted by atomic mass is 79.9. The molecule has 19 heavy (non-hydrogen) atoms. The van der Waals surface area contributed by atoms with Crippen LogP contribution in [0.15, 0.2) is 47.2 Å². The normalized spacial score (nSPS) is 10.4. The summed E-state index contributed by atoms with van der Waals surface area (Å²) in [5, 5.41) is 3.15. The second-order valence-corrected chi connectivity index (χ2v) is 5.21. The molecule has 2 rings (SSSR count). The van der Waals surface area contributed by atoms with E-state index in [1.807, 2.05) is 13.1 Å². The first-order chi connectivity index (χ1) is 9.28. The summed E-state index contributed by atoms with van der Waals surface area (Å²) in [6, 6.07) is 10.4. The topological polar surface area (TPSA) is 34.1 Å². The third-order valence-electron chi connectivity index (χ3n) is 2.77. The quantitative estimate of drug-likeness (QED) is 0.887. The second kappa shape index (κ2) is 7.26. The number of ether oxygens (including phenoxy) is 1. The van der Waals surface area contributed by atoms with Crippen molar-refractivity contribution in [2.45, 2.75) is 13.0 Å². The van der Waals surface area contributed by atoms with Gasteiger partial charge in [-0.25, -0.2) is 0 Å². The molecular weight excluding hydrogens is 304 g/mol. The zero-order valence-corrected chi connectivity index (χ0v) is 12.5. The molecule has 0 spiro atoms. The molecule has 0 saturated carbocycles. The van der Waals surface area contributed by atoms with Crippen molar-refractivity contribution in [1.82, 2.24) is 10.3 Å². The summed E-state index contributed by atoms with van der Waals surface area (Å²) in [4.78, 5) is 4.07. The molecular formula is C15H17BrN2O. The molecule has 1 heterocycles. The monoisotopic (exact) mass is 320 g/mol. The van der Waals surface area contributed by atoms with Gasteiger partial charge in [-0.05, 0) is 53.1 Å². The van der Waals surface area contributed by atoms with Crippen molar-refractivity contribution < 1.29 is 4.74 Å². The minimum atomic E-state index is 0.560. The Kier molecular flexibility index (Phi) is 5.36. The smallest absolute Gasteiger partial charge is 0.139 e. The largest absolute Gasteiger partial charge is 0.487 e. The highest BCUT2D eigenvalue weighted by Gasteiger charge is 1.98. The predicted molar refractivity (Wildman–Crippen MR) is 80.3 cm³/mol. The van der Waals surface area contributed by atoms with Gasteiger partial charge in [0.15, 0.2) is 0 Å². The number of hydrogen-bond acceptors (Lipinski definition) is 3. The van der Waals surface area contributed by atoms with Crippen LogP contribution >= 0.6 is 15.9 Å². The lowest BCUT2D eigenvalue weighted by molar-refractivity contribution is 0.305. The fraction of sp³-hybridized carbons (Fsp3) is 0.267. The maximum Gasteiger partial charge on any atom is 0.139 e. The number of rotatable bonds is 6. The third kappa shape index (κ3) is 4.65. The van der Waals surface area contributed by atoms with E-state index in [2.05, 4.69) is 50.5 Å². The van der Waals surface area contributed by atoms with Gasteiger partial charge in [-0.15, -0.1) is 0 Å². The summed E-state index contributed by atoms with van der Waals surface area (Å²) in [6.45, 7) is 1.56. The van der Waals surface area contributed by atoms with E-state index in [0.29, 0.717) is 6.61 Å². The second-order valence-electron chi connectivity index (χ2n) is 4.30. The van der Waals surface area contributed by atoms with Crippen molar-refractivity contribution >= 4 is 15.9 Å². The number of aromatic nitrogens is 1. The van der Waals surface area contributed by atoms with Gasteiger partial charge in [0.25, 0.3) is 0 Å². The lowest BCUT2D eigenvalue weighted by atomic mass is 10.1. The molecule has 1 aromatic carbocycles. The number of nitrogens with zero attached hydrogens (tertiary/aromatic N) is 1. The molecule has 0 atom stereocenters. The first kappa shape index (κ1) is 14.0. The maximum absolute atomic E-state index is 5.69. The molecule has 0 aliphatic carbocycles. The minimum Gasteiger partial charge on any atom is -0.487 e. The van der Waals surface area contributed by atoms with E-state index in [1.165, 1.54) is 5.56 Å². The summed E-state index contributed by atoms with van der Waals surface area (Å²) in [7, 11) is 1.97. The molecule has 2 aromatic rings. The van der Waals surface area contributed by atoms with Crippen LogP contribution in [0.3, 0.4) is 0 Å². The molecule has 0 aliphatic heterocycles. The van der Waals surface area contributed by atoms with Crippen LogP contribution in [0.5, 0.6) is 5.75 Å². The summed E-state index contributed by atoms with van der Waals surface area (Å²) >= 11 is 3.37. The molecule has 0 bridgehead atoms. The van der Waals surface area contributed by atoms with Crippen LogP contribution in [0.4, 0.5) is 0 Å². The van der Waals surface area contributed by atoms with Crippen LogP contribution in [0.1, 0.15) is 11.1 Å². The van der Waals surface area contributed by atoms with Crippen molar-refractivity contribution in [3.05, 3.63) is 58.3 Å². The highest BCUT2D eigenvalue weighted by molar-refractivity contribution is 9.10. The number of halogens is 1. The van der Waals surface area contributed by atoms with E-state index in [1.54, 1.807) is 12.4 Å². The fourth-order valence-electron chi connectivity index (χ4n) is 1.71. The Bertz CT molecular complexity index is 514. The van der Waals surface area contributed by atoms with Gasteiger partial charge < -0.3 is 10.1 Å². The molecule has 1 N–H and O–H groups in total. The highest BCUT2D eigenvalue weighted by Crippen LogP contribution is 2.17. The summed E-state index contributed by atoms with van der Waals surface area (Å²) < 4.78 is 6.61. The zero-order chi connectivity index (χ0) is 13.5. The van der Waals surface area contributed by atoms with Crippen LogP contribution in [0.2, 0.25) is 0 Å². The molecule has 0 aliphatic rings. The van der Waals surface area contributed by atoms with E-state index in [9.17, 15) is 0 Å². The maximum atomic E-state index is 5.69. The van der Waals surface area contributed by atoms with Gasteiger partial charge >= 0.3 is 0 Å². The molecule has 1 aromatic heterocycles. The Labute approximate surface area is 122 Å². The van der Waals surface area contributed by atoms with Crippen molar-refractivity contribution in [2.75, 3.05) is 13.6 Å². The molecule has 3 nitrogen and oxygen atoms in total. The molecule has 0 amide bonds. The average Bonchev–Trinajstić information content (AvgIpc) is 2.44. The Balaban J connectivity index is 1.89. The lowest BCUT2D eigenvalue weighted by Crippen LogP contribution is -2.10. The first-order valence-electron chi connectivity index (χ1n) is 6.23. The SMILES string of the molecule is CNCCc1ccc(COc2cncc(Br)c2)cc1. The standard InChI is InChI=1S/C15H17BrN2O/c1-17-7-6-12-2-4-13(5-3-12)11-19-15-8-14(16)9-18-10-15/h2-5,8-10,17H,6-7,11H2,1H3. The van der Waals surface area contributed by atoms with Gasteiger partial charge in [-0.2, -0.15) is 0 Å². The molecule has 0 saturated heterocycles. The molecule has 0 radical (unpaired) electrons. The minimum absolute atomic E-state index is 0.560. The van der Waals surface area contributed by atoms with E-state index in [0.717, 1.165) is 28.8 Å². The number of nitrogens with one attached hydrogen (secondary N) is 1. The van der Waals surface area contributed by atoms with Gasteiger partial charge in [0.2, 0.25) is 0 Å². The van der Waals surface area contributed by atoms with E-state index >= 15 is 0 Å². The molecule has 0 fully saturated rings. The first-order valence-corrected chi connectivity index (χ1v) is 7.03. The zero-order valence-electron chi connectivity index (χ0n) is 10.9. The molecule has 0 unspecified atom stereocenters. The van der Waals surface area contributed by atoms with E-state index < -0.39 is 0 Å². The van der Waals surface area contributed by atoms with Crippen molar-refractivity contribution in [3.63, 3.8) is 0 Å². The number of benzene rings is 1.